The van der Waals surface area contributed by atoms with E-state index < -0.39 is 12.0 Å². The van der Waals surface area contributed by atoms with Gasteiger partial charge in [-0.3, -0.25) is 9.59 Å². The van der Waals surface area contributed by atoms with Gasteiger partial charge in [-0.1, -0.05) is 6.42 Å². The SMILES string of the molecule is N[C@@H](CCC(=O)NC1C[C@H]2CC[C@@H]1C2)C(=O)O. The van der Waals surface area contributed by atoms with E-state index in [1.54, 1.807) is 0 Å². The second kappa shape index (κ2) is 5.04. The minimum atomic E-state index is -1.04. The monoisotopic (exact) mass is 240 g/mol. The van der Waals surface area contributed by atoms with E-state index in [2.05, 4.69) is 5.32 Å². The Morgan fingerprint density at radius 1 is 1.35 bits per heavy atom. The maximum Gasteiger partial charge on any atom is 0.320 e. The van der Waals surface area contributed by atoms with Gasteiger partial charge in [0.05, 0.1) is 0 Å². The third-order valence-corrected chi connectivity index (χ3v) is 4.08. The molecule has 2 bridgehead atoms. The Balaban J connectivity index is 1.69. The van der Waals surface area contributed by atoms with Crippen LogP contribution in [0.25, 0.3) is 0 Å². The molecule has 0 radical (unpaired) electrons. The summed E-state index contributed by atoms with van der Waals surface area (Å²) in [6.45, 7) is 0. The van der Waals surface area contributed by atoms with Gasteiger partial charge in [0, 0.05) is 12.5 Å². The number of carbonyl (C=O) groups is 2. The molecule has 96 valence electrons. The van der Waals surface area contributed by atoms with Crippen LogP contribution in [0.1, 0.15) is 38.5 Å². The summed E-state index contributed by atoms with van der Waals surface area (Å²) in [7, 11) is 0. The fraction of sp³-hybridized carbons (Fsp3) is 0.833. The van der Waals surface area contributed by atoms with E-state index in [1.807, 2.05) is 0 Å². The second-order valence-electron chi connectivity index (χ2n) is 5.33. The van der Waals surface area contributed by atoms with E-state index in [0.29, 0.717) is 12.0 Å². The predicted molar refractivity (Wildman–Crippen MR) is 62.2 cm³/mol. The quantitative estimate of drug-likeness (QED) is 0.652. The molecule has 4 atom stereocenters. The van der Waals surface area contributed by atoms with Crippen molar-refractivity contribution in [2.75, 3.05) is 0 Å². The zero-order valence-electron chi connectivity index (χ0n) is 9.89. The van der Waals surface area contributed by atoms with Crippen LogP contribution in [0.3, 0.4) is 0 Å². The van der Waals surface area contributed by atoms with Gasteiger partial charge in [-0.05, 0) is 37.5 Å². The summed E-state index contributed by atoms with van der Waals surface area (Å²) in [6.07, 6.45) is 5.30. The van der Waals surface area contributed by atoms with E-state index in [0.717, 1.165) is 12.3 Å². The first-order valence-corrected chi connectivity index (χ1v) is 6.34. The first kappa shape index (κ1) is 12.4. The average molecular weight is 240 g/mol. The van der Waals surface area contributed by atoms with Crippen molar-refractivity contribution in [3.05, 3.63) is 0 Å². The molecule has 0 heterocycles. The third-order valence-electron chi connectivity index (χ3n) is 4.08. The Labute approximate surface area is 101 Å². The van der Waals surface area contributed by atoms with Crippen LogP contribution in [0.4, 0.5) is 0 Å². The van der Waals surface area contributed by atoms with Gasteiger partial charge >= 0.3 is 5.97 Å². The largest absolute Gasteiger partial charge is 0.480 e. The average Bonchev–Trinajstić information content (AvgIpc) is 2.87. The van der Waals surface area contributed by atoms with Gasteiger partial charge in [-0.15, -0.1) is 0 Å². The molecule has 0 aliphatic heterocycles. The minimum Gasteiger partial charge on any atom is -0.480 e. The second-order valence-corrected chi connectivity index (χ2v) is 5.33. The highest BCUT2D eigenvalue weighted by Crippen LogP contribution is 2.44. The molecule has 17 heavy (non-hydrogen) atoms. The van der Waals surface area contributed by atoms with Crippen LogP contribution >= 0.6 is 0 Å². The van der Waals surface area contributed by atoms with Crippen LogP contribution in [-0.4, -0.2) is 29.1 Å². The van der Waals surface area contributed by atoms with Crippen molar-refractivity contribution < 1.29 is 14.7 Å². The van der Waals surface area contributed by atoms with Gasteiger partial charge in [-0.25, -0.2) is 0 Å². The fourth-order valence-electron chi connectivity index (χ4n) is 3.11. The molecule has 0 saturated heterocycles. The molecule has 1 amide bonds. The third kappa shape index (κ3) is 2.97. The molecule has 2 aliphatic carbocycles. The van der Waals surface area contributed by atoms with E-state index in [9.17, 15) is 9.59 Å². The number of carboxylic acids is 1. The van der Waals surface area contributed by atoms with Crippen LogP contribution in [0.15, 0.2) is 0 Å². The van der Waals surface area contributed by atoms with Crippen LogP contribution in [0.5, 0.6) is 0 Å². The van der Waals surface area contributed by atoms with Crippen molar-refractivity contribution >= 4 is 11.9 Å². The van der Waals surface area contributed by atoms with Gasteiger partial charge < -0.3 is 16.2 Å². The lowest BCUT2D eigenvalue weighted by Gasteiger charge is -2.23. The Morgan fingerprint density at radius 2 is 2.12 bits per heavy atom. The first-order valence-electron chi connectivity index (χ1n) is 6.34. The molecule has 0 spiro atoms. The molecule has 2 saturated carbocycles. The number of carbonyl (C=O) groups excluding carboxylic acids is 1. The number of nitrogens with two attached hydrogens (primary N) is 1. The normalized spacial score (nSPS) is 32.4. The number of rotatable bonds is 5. The van der Waals surface area contributed by atoms with Crippen LogP contribution in [0, 0.1) is 11.8 Å². The number of aliphatic carboxylic acids is 1. The summed E-state index contributed by atoms with van der Waals surface area (Å²) >= 11 is 0. The highest BCUT2D eigenvalue weighted by Gasteiger charge is 2.39. The molecule has 5 heteroatoms. The van der Waals surface area contributed by atoms with Crippen molar-refractivity contribution in [1.82, 2.24) is 5.32 Å². The zero-order chi connectivity index (χ0) is 12.4. The first-order chi connectivity index (χ1) is 8.06. The van der Waals surface area contributed by atoms with E-state index in [-0.39, 0.29) is 18.7 Å². The standard InChI is InChI=1S/C12H20N2O3/c13-9(12(16)17)3-4-11(15)14-10-6-7-1-2-8(10)5-7/h7-10H,1-6,13H2,(H,14,15)(H,16,17)/t7-,8+,9-,10?/m0/s1. The van der Waals surface area contributed by atoms with Gasteiger partial charge in [0.1, 0.15) is 6.04 Å². The summed E-state index contributed by atoms with van der Waals surface area (Å²) in [5.41, 5.74) is 5.35. The summed E-state index contributed by atoms with van der Waals surface area (Å²) in [6, 6.07) is -0.608. The molecule has 4 N–H and O–H groups in total. The molecular weight excluding hydrogens is 220 g/mol. The van der Waals surface area contributed by atoms with Gasteiger partial charge in [0.25, 0.3) is 0 Å². The molecule has 2 aliphatic rings. The molecule has 1 unspecified atom stereocenters. The Kier molecular flexibility index (Phi) is 3.66. The van der Waals surface area contributed by atoms with Crippen LogP contribution in [0.2, 0.25) is 0 Å². The highest BCUT2D eigenvalue weighted by atomic mass is 16.4. The topological polar surface area (TPSA) is 92.4 Å². The summed E-state index contributed by atoms with van der Waals surface area (Å²) < 4.78 is 0. The smallest absolute Gasteiger partial charge is 0.320 e. The van der Waals surface area contributed by atoms with Crippen molar-refractivity contribution in [3.8, 4) is 0 Å². The summed E-state index contributed by atoms with van der Waals surface area (Å²) in [4.78, 5) is 22.1. The Bertz CT molecular complexity index is 319. The lowest BCUT2D eigenvalue weighted by atomic mass is 9.95. The van der Waals surface area contributed by atoms with Crippen LogP contribution < -0.4 is 11.1 Å². The van der Waals surface area contributed by atoms with Gasteiger partial charge in [0.2, 0.25) is 5.91 Å². The Morgan fingerprint density at radius 3 is 2.65 bits per heavy atom. The van der Waals surface area contributed by atoms with Gasteiger partial charge in [-0.2, -0.15) is 0 Å². The number of nitrogens with one attached hydrogen (secondary N) is 1. The van der Waals surface area contributed by atoms with Crippen molar-refractivity contribution in [2.45, 2.75) is 50.6 Å². The fourth-order valence-corrected chi connectivity index (χ4v) is 3.11. The van der Waals surface area contributed by atoms with E-state index in [1.165, 1.54) is 19.3 Å². The molecular formula is C12H20N2O3. The van der Waals surface area contributed by atoms with E-state index >= 15 is 0 Å². The van der Waals surface area contributed by atoms with E-state index in [4.69, 9.17) is 10.8 Å². The van der Waals surface area contributed by atoms with Crippen molar-refractivity contribution in [2.24, 2.45) is 17.6 Å². The number of carboxylic acid groups (broad SMARTS) is 1. The maximum absolute atomic E-state index is 11.6. The predicted octanol–water partition coefficient (Wildman–Crippen LogP) is 0.483. The molecule has 0 aromatic heterocycles. The molecule has 2 fully saturated rings. The maximum atomic E-state index is 11.6. The molecule has 2 rings (SSSR count). The molecule has 0 aromatic rings. The number of hydrogen-bond donors (Lipinski definition) is 3. The lowest BCUT2D eigenvalue weighted by Crippen LogP contribution is -2.39. The number of hydrogen-bond acceptors (Lipinski definition) is 3. The number of fused-ring (bicyclic) bond motifs is 2. The summed E-state index contributed by atoms with van der Waals surface area (Å²) in [5.74, 6) is 0.348. The zero-order valence-corrected chi connectivity index (χ0v) is 9.89. The molecule has 0 aromatic carbocycles. The number of amides is 1. The van der Waals surface area contributed by atoms with Gasteiger partial charge in [0.15, 0.2) is 0 Å². The van der Waals surface area contributed by atoms with Crippen molar-refractivity contribution in [1.29, 1.82) is 0 Å². The lowest BCUT2D eigenvalue weighted by molar-refractivity contribution is -0.138. The Hall–Kier alpha value is -1.10. The highest BCUT2D eigenvalue weighted by molar-refractivity contribution is 5.78. The molecule has 5 nitrogen and oxygen atoms in total. The van der Waals surface area contributed by atoms with Crippen molar-refractivity contribution in [3.63, 3.8) is 0 Å². The summed E-state index contributed by atoms with van der Waals surface area (Å²) in [5, 5.41) is 11.6. The van der Waals surface area contributed by atoms with Crippen LogP contribution in [-0.2, 0) is 9.59 Å². The minimum absolute atomic E-state index is 0.0562.